The molecule has 0 rings (SSSR count). The molecule has 0 radical (unpaired) electrons. The molecule has 5 nitrogen and oxygen atoms in total. The molecule has 0 bridgehead atoms. The number of ether oxygens (including phenoxy) is 2. The molecule has 0 aliphatic carbocycles. The molecule has 5 heteroatoms. The molecule has 0 saturated carbocycles. The summed E-state index contributed by atoms with van der Waals surface area (Å²) in [5.41, 5.74) is 0. The van der Waals surface area contributed by atoms with Crippen molar-refractivity contribution in [2.45, 2.75) is 225 Å². The number of carbonyl (C=O) groups is 2. The Bertz CT molecular complexity index is 1640. The van der Waals surface area contributed by atoms with E-state index < -0.39 is 6.10 Å². The number of aliphatic hydroxyl groups is 1. The lowest BCUT2D eigenvalue weighted by atomic mass is 10.1. The molecule has 1 N–H and O–H groups in total. The number of carbonyl (C=O) groups excluding carboxylic acids is 2. The highest BCUT2D eigenvalue weighted by Crippen LogP contribution is 2.13. The molecule has 72 heavy (non-hydrogen) atoms. The summed E-state index contributed by atoms with van der Waals surface area (Å²) in [5, 5.41) is 9.64. The first-order valence-electron chi connectivity index (χ1n) is 28.7. The van der Waals surface area contributed by atoms with Gasteiger partial charge in [-0.05, 0) is 135 Å². The van der Waals surface area contributed by atoms with E-state index in [2.05, 4.69) is 184 Å². The van der Waals surface area contributed by atoms with E-state index in [1.807, 2.05) is 0 Å². The molecule has 402 valence electrons. The normalized spacial score (nSPS) is 13.5. The maximum atomic E-state index is 12.3. The highest BCUT2D eigenvalue weighted by atomic mass is 16.6. The van der Waals surface area contributed by atoms with Crippen LogP contribution in [0.15, 0.2) is 170 Å². The first-order valence-corrected chi connectivity index (χ1v) is 28.7. The van der Waals surface area contributed by atoms with E-state index in [1.54, 1.807) is 0 Å². The van der Waals surface area contributed by atoms with Gasteiger partial charge in [0.05, 0.1) is 6.61 Å². The lowest BCUT2D eigenvalue weighted by molar-refractivity contribution is -0.161. The van der Waals surface area contributed by atoms with Gasteiger partial charge in [0, 0.05) is 12.8 Å². The fourth-order valence-electron chi connectivity index (χ4n) is 7.21. The van der Waals surface area contributed by atoms with Crippen LogP contribution in [0.1, 0.15) is 219 Å². The SMILES string of the molecule is CC/C=C\C/C=C\C/C=C\C/C=C\C/C=C\C/C=C\C/C=C\C/C=C\C/C=C\C/C=C\C/C=C\C/C=C\CCCCC(=O)OC(CO)COC(=O)CCCCCCCCCCC/C=C\C/C=C\CCCCC. The molecule has 0 aromatic heterocycles. The summed E-state index contributed by atoms with van der Waals surface area (Å²) >= 11 is 0. The van der Waals surface area contributed by atoms with Crippen molar-refractivity contribution in [2.75, 3.05) is 13.2 Å². The highest BCUT2D eigenvalue weighted by Gasteiger charge is 2.16. The molecule has 0 spiro atoms. The summed E-state index contributed by atoms with van der Waals surface area (Å²) in [7, 11) is 0. The van der Waals surface area contributed by atoms with Crippen LogP contribution in [0.5, 0.6) is 0 Å². The Labute approximate surface area is 443 Å². The van der Waals surface area contributed by atoms with Crippen LogP contribution in [0, 0.1) is 0 Å². The topological polar surface area (TPSA) is 72.8 Å². The minimum atomic E-state index is -0.810. The van der Waals surface area contributed by atoms with E-state index in [-0.39, 0.29) is 31.6 Å². The van der Waals surface area contributed by atoms with Crippen molar-refractivity contribution in [1.82, 2.24) is 0 Å². The van der Waals surface area contributed by atoms with E-state index in [9.17, 15) is 14.7 Å². The van der Waals surface area contributed by atoms with E-state index in [0.29, 0.717) is 12.8 Å². The zero-order valence-electron chi connectivity index (χ0n) is 45.9. The van der Waals surface area contributed by atoms with Gasteiger partial charge in [-0.1, -0.05) is 242 Å². The van der Waals surface area contributed by atoms with Gasteiger partial charge in [0.2, 0.25) is 0 Å². The second kappa shape index (κ2) is 60.6. The molecule has 0 aliphatic rings. The average Bonchev–Trinajstić information content (AvgIpc) is 3.38. The predicted octanol–water partition coefficient (Wildman–Crippen LogP) is 19.7. The number of allylic oxidation sites excluding steroid dienone is 28. The Morgan fingerprint density at radius 1 is 0.333 bits per heavy atom. The third kappa shape index (κ3) is 57.8. The van der Waals surface area contributed by atoms with Crippen LogP contribution in [0.4, 0.5) is 0 Å². The summed E-state index contributed by atoms with van der Waals surface area (Å²) in [6, 6.07) is 0. The fourth-order valence-corrected chi connectivity index (χ4v) is 7.21. The van der Waals surface area contributed by atoms with Crippen LogP contribution in [-0.2, 0) is 19.1 Å². The summed E-state index contributed by atoms with van der Waals surface area (Å²) in [5.74, 6) is -0.659. The predicted molar refractivity (Wildman–Crippen MR) is 315 cm³/mol. The Hall–Kier alpha value is -4.74. The molecule has 0 aromatic rings. The number of rotatable bonds is 50. The van der Waals surface area contributed by atoms with Gasteiger partial charge in [-0.2, -0.15) is 0 Å². The van der Waals surface area contributed by atoms with Crippen LogP contribution in [0.25, 0.3) is 0 Å². The Balaban J connectivity index is 3.71. The molecule has 0 saturated heterocycles. The Morgan fingerprint density at radius 3 is 0.931 bits per heavy atom. The van der Waals surface area contributed by atoms with Gasteiger partial charge < -0.3 is 14.6 Å². The zero-order valence-corrected chi connectivity index (χ0v) is 45.9. The van der Waals surface area contributed by atoms with Crippen LogP contribution < -0.4 is 0 Å². The number of hydrogen-bond donors (Lipinski definition) is 1. The average molecular weight is 990 g/mol. The molecular formula is C67H104O5. The van der Waals surface area contributed by atoms with Crippen molar-refractivity contribution in [3.8, 4) is 0 Å². The molecule has 0 aliphatic heterocycles. The third-order valence-corrected chi connectivity index (χ3v) is 11.5. The van der Waals surface area contributed by atoms with Gasteiger partial charge in [0.15, 0.2) is 6.10 Å². The highest BCUT2D eigenvalue weighted by molar-refractivity contribution is 5.70. The van der Waals surface area contributed by atoms with E-state index in [0.717, 1.165) is 116 Å². The quantitative estimate of drug-likeness (QED) is 0.0373. The largest absolute Gasteiger partial charge is 0.462 e. The number of unbranched alkanes of at least 4 members (excludes halogenated alkanes) is 14. The summed E-state index contributed by atoms with van der Waals surface area (Å²) in [6.07, 6.45) is 94.6. The first-order chi connectivity index (χ1) is 35.6. The maximum Gasteiger partial charge on any atom is 0.306 e. The molecule has 1 unspecified atom stereocenters. The van der Waals surface area contributed by atoms with Crippen LogP contribution in [0.2, 0.25) is 0 Å². The lowest BCUT2D eigenvalue weighted by Crippen LogP contribution is -2.28. The van der Waals surface area contributed by atoms with Gasteiger partial charge >= 0.3 is 11.9 Å². The van der Waals surface area contributed by atoms with Crippen LogP contribution in [-0.4, -0.2) is 36.4 Å². The summed E-state index contributed by atoms with van der Waals surface area (Å²) in [6.45, 7) is 3.95. The van der Waals surface area contributed by atoms with Gasteiger partial charge in [-0.25, -0.2) is 0 Å². The smallest absolute Gasteiger partial charge is 0.306 e. The second-order valence-corrected chi connectivity index (χ2v) is 18.3. The third-order valence-electron chi connectivity index (χ3n) is 11.5. The van der Waals surface area contributed by atoms with Crippen molar-refractivity contribution >= 4 is 11.9 Å². The maximum absolute atomic E-state index is 12.3. The Morgan fingerprint density at radius 2 is 0.597 bits per heavy atom. The molecule has 0 fully saturated rings. The van der Waals surface area contributed by atoms with Crippen molar-refractivity contribution in [3.05, 3.63) is 170 Å². The van der Waals surface area contributed by atoms with Gasteiger partial charge in [-0.15, -0.1) is 0 Å². The van der Waals surface area contributed by atoms with Crippen molar-refractivity contribution in [3.63, 3.8) is 0 Å². The van der Waals surface area contributed by atoms with Crippen LogP contribution >= 0.6 is 0 Å². The molecule has 1 atom stereocenters. The van der Waals surface area contributed by atoms with Crippen molar-refractivity contribution < 1.29 is 24.2 Å². The Kier molecular flexibility index (Phi) is 56.6. The number of hydrogen-bond acceptors (Lipinski definition) is 5. The van der Waals surface area contributed by atoms with Gasteiger partial charge in [-0.3, -0.25) is 9.59 Å². The van der Waals surface area contributed by atoms with E-state index in [1.165, 1.54) is 70.6 Å². The minimum Gasteiger partial charge on any atom is -0.462 e. The number of esters is 2. The second-order valence-electron chi connectivity index (χ2n) is 18.3. The minimum absolute atomic E-state index is 0.0965. The van der Waals surface area contributed by atoms with E-state index in [4.69, 9.17) is 9.47 Å². The number of aliphatic hydroxyl groups excluding tert-OH is 1. The summed E-state index contributed by atoms with van der Waals surface area (Å²) in [4.78, 5) is 24.5. The zero-order chi connectivity index (χ0) is 52.0. The first kappa shape index (κ1) is 67.3. The molecule has 0 heterocycles. The van der Waals surface area contributed by atoms with E-state index >= 15 is 0 Å². The van der Waals surface area contributed by atoms with Crippen molar-refractivity contribution in [1.29, 1.82) is 0 Å². The summed E-state index contributed by atoms with van der Waals surface area (Å²) < 4.78 is 10.6. The van der Waals surface area contributed by atoms with Crippen LogP contribution in [0.3, 0.4) is 0 Å². The van der Waals surface area contributed by atoms with Gasteiger partial charge in [0.1, 0.15) is 6.61 Å². The monoisotopic (exact) mass is 989 g/mol. The van der Waals surface area contributed by atoms with Crippen molar-refractivity contribution in [2.24, 2.45) is 0 Å². The molecule has 0 aromatic carbocycles. The van der Waals surface area contributed by atoms with Gasteiger partial charge in [0.25, 0.3) is 0 Å². The fraction of sp³-hybridized carbons (Fsp3) is 0.552. The molecular weight excluding hydrogens is 885 g/mol. The standard InChI is InChI=1S/C67H104O5/c1-3-5-7-9-11-13-15-17-19-21-23-24-25-26-27-28-29-30-31-32-33-34-35-36-37-38-39-40-41-42-44-46-48-50-52-54-56-58-60-62-67(70)72-65(63-68)64-71-66(69)61-59-57-55-53-51-49-47-45-43-22-20-18-16-14-12-10-8-6-4-2/h5,7,11-14,17-20,23-24,26-27,29-30,32-33,35-36,38-39,41-42,46,48,52,54,65,68H,3-4,6,8-10,15-16,21-22,25,28,31,34,37,40,43-45,47,49-51,53,55-64H2,1-2H3/b7-5-,13-11-,14-12-,19-17-,20-18-,24-23-,27-26-,30-29-,33-32-,36-35-,39-38-,42-41-,48-46-,54-52-. The lowest BCUT2D eigenvalue weighted by Gasteiger charge is -2.15. The molecule has 0 amide bonds.